The van der Waals surface area contributed by atoms with E-state index in [2.05, 4.69) is 9.88 Å². The van der Waals surface area contributed by atoms with E-state index in [1.807, 2.05) is 56.6 Å². The predicted octanol–water partition coefficient (Wildman–Crippen LogP) is 3.78. The van der Waals surface area contributed by atoms with E-state index in [0.717, 1.165) is 46.8 Å². The summed E-state index contributed by atoms with van der Waals surface area (Å²) in [6.07, 6.45) is 5.40. The van der Waals surface area contributed by atoms with Crippen molar-refractivity contribution in [3.05, 3.63) is 66.1 Å². The van der Waals surface area contributed by atoms with Gasteiger partial charge in [0, 0.05) is 31.5 Å². The lowest BCUT2D eigenvalue weighted by Crippen LogP contribution is -2.23. The number of hydrogen-bond acceptors (Lipinski definition) is 6. The van der Waals surface area contributed by atoms with Gasteiger partial charge in [0.05, 0.1) is 29.4 Å². The van der Waals surface area contributed by atoms with Gasteiger partial charge in [0.2, 0.25) is 6.79 Å². The van der Waals surface area contributed by atoms with E-state index >= 15 is 0 Å². The van der Waals surface area contributed by atoms with E-state index in [-0.39, 0.29) is 19.0 Å². The van der Waals surface area contributed by atoms with Crippen LogP contribution in [0, 0.1) is 0 Å². The Morgan fingerprint density at radius 3 is 2.53 bits per heavy atom. The summed E-state index contributed by atoms with van der Waals surface area (Å²) in [6, 6.07) is 14.0. The highest BCUT2D eigenvalue weighted by atomic mass is 16.7. The number of aromatic nitrogens is 2. The third-order valence-electron chi connectivity index (χ3n) is 5.91. The number of rotatable bonds is 6. The second-order valence-corrected chi connectivity index (χ2v) is 8.09. The topological polar surface area (TPSA) is 64.6 Å². The number of anilines is 1. The minimum atomic E-state index is -0.438. The van der Waals surface area contributed by atoms with Crippen LogP contribution in [-0.2, 0) is 16.6 Å². The highest BCUT2D eigenvalue weighted by Gasteiger charge is 2.51. The van der Waals surface area contributed by atoms with Gasteiger partial charge in [-0.3, -0.25) is 9.78 Å². The van der Waals surface area contributed by atoms with Crippen LogP contribution in [0.3, 0.4) is 0 Å². The van der Waals surface area contributed by atoms with Crippen LogP contribution in [0.1, 0.15) is 24.1 Å². The van der Waals surface area contributed by atoms with Crippen molar-refractivity contribution in [3.63, 3.8) is 0 Å². The number of benzene rings is 2. The molecule has 152 valence electrons. The van der Waals surface area contributed by atoms with Gasteiger partial charge in [-0.25, -0.2) is 4.98 Å². The van der Waals surface area contributed by atoms with Gasteiger partial charge < -0.3 is 14.4 Å². The Morgan fingerprint density at radius 1 is 1.03 bits per heavy atom. The molecule has 0 spiro atoms. The van der Waals surface area contributed by atoms with Crippen LogP contribution in [0.5, 0.6) is 11.5 Å². The van der Waals surface area contributed by atoms with Crippen LogP contribution >= 0.6 is 0 Å². The largest absolute Gasteiger partial charge is 0.454 e. The lowest BCUT2D eigenvalue weighted by atomic mass is 9.88. The molecule has 2 aromatic carbocycles. The van der Waals surface area contributed by atoms with Gasteiger partial charge in [-0.05, 0) is 42.7 Å². The van der Waals surface area contributed by atoms with Crippen molar-refractivity contribution in [1.82, 2.24) is 9.97 Å². The first-order valence-electron chi connectivity index (χ1n) is 10.1. The Bertz CT molecular complexity index is 1100. The van der Waals surface area contributed by atoms with E-state index in [1.165, 1.54) is 0 Å². The van der Waals surface area contributed by atoms with Gasteiger partial charge >= 0.3 is 0 Å². The molecule has 2 heterocycles. The molecule has 0 atom stereocenters. The number of hydrogen-bond donors (Lipinski definition) is 0. The Morgan fingerprint density at radius 2 is 1.80 bits per heavy atom. The summed E-state index contributed by atoms with van der Waals surface area (Å²) in [6.45, 7) is 0.234. The zero-order valence-electron chi connectivity index (χ0n) is 17.1. The monoisotopic (exact) mass is 401 g/mol. The van der Waals surface area contributed by atoms with Crippen LogP contribution in [0.2, 0.25) is 0 Å². The van der Waals surface area contributed by atoms with Crippen LogP contribution in [0.25, 0.3) is 11.3 Å². The van der Waals surface area contributed by atoms with Crippen molar-refractivity contribution in [3.8, 4) is 22.8 Å². The minimum Gasteiger partial charge on any atom is -0.454 e. The normalized spacial score (nSPS) is 15.7. The maximum Gasteiger partial charge on any atom is 0.231 e. The van der Waals surface area contributed by atoms with E-state index in [0.29, 0.717) is 5.69 Å². The summed E-state index contributed by atoms with van der Waals surface area (Å²) in [5.74, 6) is 1.63. The first-order valence-corrected chi connectivity index (χ1v) is 10.1. The SMILES string of the molecule is CN(C)c1ccc(-c2cncc(CC(=O)C3(c4ccc5c(c4)OCO5)CC3)n2)cc1. The molecule has 0 N–H and O–H groups in total. The Balaban J connectivity index is 1.36. The fourth-order valence-corrected chi connectivity index (χ4v) is 3.94. The van der Waals surface area contributed by atoms with Gasteiger partial charge in [-0.2, -0.15) is 0 Å². The van der Waals surface area contributed by atoms with Crippen molar-refractivity contribution >= 4 is 11.5 Å². The third kappa shape index (κ3) is 3.28. The molecule has 0 radical (unpaired) electrons. The molecule has 5 rings (SSSR count). The Hall–Kier alpha value is -3.41. The molecular weight excluding hydrogens is 378 g/mol. The maximum atomic E-state index is 13.2. The quantitative estimate of drug-likeness (QED) is 0.626. The average molecular weight is 401 g/mol. The van der Waals surface area contributed by atoms with E-state index in [9.17, 15) is 4.79 Å². The molecule has 1 aromatic heterocycles. The summed E-state index contributed by atoms with van der Waals surface area (Å²) in [5.41, 5.74) is 4.14. The van der Waals surface area contributed by atoms with Gasteiger partial charge in [-0.15, -0.1) is 0 Å². The Labute approximate surface area is 175 Å². The molecule has 0 saturated heterocycles. The second-order valence-electron chi connectivity index (χ2n) is 8.09. The second kappa shape index (κ2) is 7.13. The molecule has 0 unspecified atom stereocenters. The van der Waals surface area contributed by atoms with Crippen molar-refractivity contribution in [1.29, 1.82) is 0 Å². The molecule has 30 heavy (non-hydrogen) atoms. The van der Waals surface area contributed by atoms with Gasteiger partial charge in [-0.1, -0.05) is 18.2 Å². The highest BCUT2D eigenvalue weighted by Crippen LogP contribution is 2.51. The lowest BCUT2D eigenvalue weighted by molar-refractivity contribution is -0.120. The zero-order chi connectivity index (χ0) is 20.7. The molecule has 0 bridgehead atoms. The summed E-state index contributed by atoms with van der Waals surface area (Å²) in [5, 5.41) is 0. The number of fused-ring (bicyclic) bond motifs is 1. The summed E-state index contributed by atoms with van der Waals surface area (Å²) in [7, 11) is 4.02. The third-order valence-corrected chi connectivity index (χ3v) is 5.91. The molecule has 3 aromatic rings. The minimum absolute atomic E-state index is 0.177. The summed E-state index contributed by atoms with van der Waals surface area (Å²) in [4.78, 5) is 24.3. The smallest absolute Gasteiger partial charge is 0.231 e. The number of ketones is 1. The van der Waals surface area contributed by atoms with Crippen LogP contribution in [-0.4, -0.2) is 36.6 Å². The highest BCUT2D eigenvalue weighted by molar-refractivity contribution is 5.94. The van der Waals surface area contributed by atoms with Gasteiger partial charge in [0.15, 0.2) is 11.5 Å². The Kier molecular flexibility index (Phi) is 4.42. The predicted molar refractivity (Wildman–Crippen MR) is 114 cm³/mol. The molecule has 1 saturated carbocycles. The van der Waals surface area contributed by atoms with Crippen LogP contribution < -0.4 is 14.4 Å². The number of carbonyl (C=O) groups is 1. The number of nitrogens with zero attached hydrogens (tertiary/aromatic N) is 3. The first-order chi connectivity index (χ1) is 14.5. The van der Waals surface area contributed by atoms with Crippen LogP contribution in [0.15, 0.2) is 54.9 Å². The molecule has 1 aliphatic heterocycles. The summed E-state index contributed by atoms with van der Waals surface area (Å²) < 4.78 is 10.9. The van der Waals surface area contributed by atoms with Crippen molar-refractivity contribution in [2.45, 2.75) is 24.7 Å². The van der Waals surface area contributed by atoms with E-state index in [1.54, 1.807) is 12.4 Å². The number of carbonyl (C=O) groups excluding carboxylic acids is 1. The molecular formula is C24H23N3O3. The standard InChI is InChI=1S/C24H23N3O3/c1-27(2)19-6-3-16(4-7-19)20-14-25-13-18(26-20)12-23(28)24(9-10-24)17-5-8-21-22(11-17)30-15-29-21/h3-8,11,13-14H,9-10,12,15H2,1-2H3. The van der Waals surface area contributed by atoms with Gasteiger partial charge in [0.1, 0.15) is 5.78 Å². The molecule has 1 aliphatic carbocycles. The molecule has 6 heteroatoms. The molecule has 6 nitrogen and oxygen atoms in total. The fourth-order valence-electron chi connectivity index (χ4n) is 3.94. The van der Waals surface area contributed by atoms with E-state index in [4.69, 9.17) is 14.5 Å². The fraction of sp³-hybridized carbons (Fsp3) is 0.292. The van der Waals surface area contributed by atoms with E-state index < -0.39 is 5.41 Å². The molecule has 0 amide bonds. The zero-order valence-corrected chi connectivity index (χ0v) is 17.1. The van der Waals surface area contributed by atoms with Crippen LogP contribution in [0.4, 0.5) is 5.69 Å². The van der Waals surface area contributed by atoms with Crippen molar-refractivity contribution in [2.24, 2.45) is 0 Å². The maximum absolute atomic E-state index is 13.2. The number of Topliss-reactive ketones (excluding diaryl/α,β-unsaturated/α-hetero) is 1. The average Bonchev–Trinajstić information content (AvgIpc) is 3.45. The number of ether oxygens (including phenoxy) is 2. The van der Waals surface area contributed by atoms with Gasteiger partial charge in [0.25, 0.3) is 0 Å². The summed E-state index contributed by atoms with van der Waals surface area (Å²) >= 11 is 0. The molecule has 2 aliphatic rings. The van der Waals surface area contributed by atoms with Crippen molar-refractivity contribution in [2.75, 3.05) is 25.8 Å². The first kappa shape index (κ1) is 18.6. The van der Waals surface area contributed by atoms with Crippen molar-refractivity contribution < 1.29 is 14.3 Å². The lowest BCUT2D eigenvalue weighted by Gasteiger charge is -2.15. The molecule has 1 fully saturated rings.